The lowest BCUT2D eigenvalue weighted by molar-refractivity contribution is -0.136. The van der Waals surface area contributed by atoms with Gasteiger partial charge in [-0.25, -0.2) is 4.79 Å². The fourth-order valence-corrected chi connectivity index (χ4v) is 1.27. The standard InChI is InChI=1S/C9H12N2O4/c1-2-3-11-8(14)6(4-7(12)13)5-10-9(11)15/h5H,2-4H2,1H3,(H,10,15)(H,12,13). The monoisotopic (exact) mass is 212 g/mol. The smallest absolute Gasteiger partial charge is 0.328 e. The molecule has 0 saturated heterocycles. The van der Waals surface area contributed by atoms with Crippen molar-refractivity contribution in [3.8, 4) is 0 Å². The first-order valence-corrected chi connectivity index (χ1v) is 4.59. The molecule has 6 nitrogen and oxygen atoms in total. The highest BCUT2D eigenvalue weighted by Crippen LogP contribution is 1.89. The molecule has 0 aliphatic heterocycles. The zero-order valence-corrected chi connectivity index (χ0v) is 8.32. The maximum Gasteiger partial charge on any atom is 0.328 e. The Balaban J connectivity index is 3.22. The average molecular weight is 212 g/mol. The van der Waals surface area contributed by atoms with E-state index in [1.807, 2.05) is 6.92 Å². The molecule has 0 atom stereocenters. The van der Waals surface area contributed by atoms with Gasteiger partial charge in [0, 0.05) is 18.3 Å². The summed E-state index contributed by atoms with van der Waals surface area (Å²) in [6.45, 7) is 2.12. The third-order valence-corrected chi connectivity index (χ3v) is 1.92. The number of H-pyrrole nitrogens is 1. The topological polar surface area (TPSA) is 92.2 Å². The number of nitrogens with zero attached hydrogens (tertiary/aromatic N) is 1. The van der Waals surface area contributed by atoms with E-state index in [0.717, 1.165) is 10.8 Å². The molecule has 1 rings (SSSR count). The minimum atomic E-state index is -1.10. The average Bonchev–Trinajstić information content (AvgIpc) is 2.16. The highest BCUT2D eigenvalue weighted by molar-refractivity contribution is 5.69. The van der Waals surface area contributed by atoms with Crippen LogP contribution >= 0.6 is 0 Å². The molecule has 0 aromatic carbocycles. The van der Waals surface area contributed by atoms with Gasteiger partial charge in [0.1, 0.15) is 0 Å². The molecular formula is C9H12N2O4. The van der Waals surface area contributed by atoms with Gasteiger partial charge >= 0.3 is 11.7 Å². The minimum Gasteiger partial charge on any atom is -0.481 e. The maximum atomic E-state index is 11.6. The zero-order valence-electron chi connectivity index (χ0n) is 8.32. The van der Waals surface area contributed by atoms with E-state index in [4.69, 9.17) is 5.11 Å². The van der Waals surface area contributed by atoms with Crippen molar-refractivity contribution in [2.75, 3.05) is 0 Å². The molecule has 0 aliphatic rings. The molecule has 15 heavy (non-hydrogen) atoms. The number of hydrogen-bond donors (Lipinski definition) is 2. The van der Waals surface area contributed by atoms with Crippen LogP contribution in [0.1, 0.15) is 18.9 Å². The van der Waals surface area contributed by atoms with Crippen LogP contribution in [0.3, 0.4) is 0 Å². The quantitative estimate of drug-likeness (QED) is 0.708. The van der Waals surface area contributed by atoms with Crippen LogP contribution in [0.2, 0.25) is 0 Å². The van der Waals surface area contributed by atoms with Crippen molar-refractivity contribution in [1.82, 2.24) is 9.55 Å². The molecule has 0 bridgehead atoms. The second-order valence-electron chi connectivity index (χ2n) is 3.15. The van der Waals surface area contributed by atoms with Gasteiger partial charge < -0.3 is 10.1 Å². The number of aromatic amines is 1. The molecule has 0 radical (unpaired) electrons. The summed E-state index contributed by atoms with van der Waals surface area (Å²) < 4.78 is 1.01. The van der Waals surface area contributed by atoms with E-state index in [1.54, 1.807) is 0 Å². The van der Waals surface area contributed by atoms with Crippen molar-refractivity contribution < 1.29 is 9.90 Å². The summed E-state index contributed by atoms with van der Waals surface area (Å²) in [5.41, 5.74) is -0.936. The van der Waals surface area contributed by atoms with Gasteiger partial charge in [-0.1, -0.05) is 6.92 Å². The molecular weight excluding hydrogens is 200 g/mol. The van der Waals surface area contributed by atoms with Crippen LogP contribution in [0.5, 0.6) is 0 Å². The number of rotatable bonds is 4. The van der Waals surface area contributed by atoms with Crippen LogP contribution in [0.15, 0.2) is 15.8 Å². The van der Waals surface area contributed by atoms with Crippen LogP contribution in [-0.2, 0) is 17.8 Å². The van der Waals surface area contributed by atoms with E-state index < -0.39 is 17.2 Å². The second-order valence-corrected chi connectivity index (χ2v) is 3.15. The maximum absolute atomic E-state index is 11.6. The van der Waals surface area contributed by atoms with Crippen LogP contribution in [-0.4, -0.2) is 20.6 Å². The molecule has 0 fully saturated rings. The normalized spacial score (nSPS) is 10.2. The van der Waals surface area contributed by atoms with Crippen molar-refractivity contribution in [3.63, 3.8) is 0 Å². The first-order chi connectivity index (χ1) is 7.06. The lowest BCUT2D eigenvalue weighted by atomic mass is 10.2. The zero-order chi connectivity index (χ0) is 11.4. The van der Waals surface area contributed by atoms with Crippen LogP contribution in [0, 0.1) is 0 Å². The molecule has 1 heterocycles. The summed E-state index contributed by atoms with van der Waals surface area (Å²) in [5.74, 6) is -1.10. The van der Waals surface area contributed by atoms with Crippen molar-refractivity contribution in [2.45, 2.75) is 26.3 Å². The van der Waals surface area contributed by atoms with E-state index in [2.05, 4.69) is 4.98 Å². The lowest BCUT2D eigenvalue weighted by Gasteiger charge is -2.03. The van der Waals surface area contributed by atoms with Gasteiger partial charge in [-0.05, 0) is 6.42 Å². The largest absolute Gasteiger partial charge is 0.481 e. The van der Waals surface area contributed by atoms with Gasteiger partial charge in [0.15, 0.2) is 0 Å². The number of carbonyl (C=O) groups is 1. The molecule has 0 saturated carbocycles. The Labute approximate surface area is 85.2 Å². The Kier molecular flexibility index (Phi) is 3.43. The molecule has 1 aromatic rings. The van der Waals surface area contributed by atoms with Crippen LogP contribution < -0.4 is 11.2 Å². The predicted octanol–water partition coefficient (Wildman–Crippen LogP) is -0.426. The fraction of sp³-hybridized carbons (Fsp3) is 0.444. The third-order valence-electron chi connectivity index (χ3n) is 1.92. The summed E-state index contributed by atoms with van der Waals surface area (Å²) >= 11 is 0. The molecule has 0 unspecified atom stereocenters. The van der Waals surface area contributed by atoms with E-state index in [-0.39, 0.29) is 12.0 Å². The highest BCUT2D eigenvalue weighted by Gasteiger charge is 2.09. The predicted molar refractivity (Wildman–Crippen MR) is 53.0 cm³/mol. The number of nitrogens with one attached hydrogen (secondary N) is 1. The second kappa shape index (κ2) is 4.59. The molecule has 1 aromatic heterocycles. The van der Waals surface area contributed by atoms with Crippen molar-refractivity contribution >= 4 is 5.97 Å². The number of carboxylic acid groups (broad SMARTS) is 1. The van der Waals surface area contributed by atoms with E-state index in [9.17, 15) is 14.4 Å². The lowest BCUT2D eigenvalue weighted by Crippen LogP contribution is -2.37. The van der Waals surface area contributed by atoms with Gasteiger partial charge in [0.05, 0.1) is 6.42 Å². The molecule has 0 aliphatic carbocycles. The highest BCUT2D eigenvalue weighted by atomic mass is 16.4. The van der Waals surface area contributed by atoms with Crippen molar-refractivity contribution in [3.05, 3.63) is 32.6 Å². The van der Waals surface area contributed by atoms with Crippen LogP contribution in [0.25, 0.3) is 0 Å². The molecule has 6 heteroatoms. The Bertz CT molecular complexity index is 472. The van der Waals surface area contributed by atoms with E-state index in [1.165, 1.54) is 0 Å². The first-order valence-electron chi connectivity index (χ1n) is 4.59. The van der Waals surface area contributed by atoms with Gasteiger partial charge in [0.2, 0.25) is 0 Å². The third kappa shape index (κ3) is 2.55. The minimum absolute atomic E-state index is 0.0931. The summed E-state index contributed by atoms with van der Waals surface area (Å²) in [6, 6.07) is 0. The van der Waals surface area contributed by atoms with Gasteiger partial charge in [-0.3, -0.25) is 14.2 Å². The molecule has 82 valence electrons. The summed E-state index contributed by atoms with van der Waals surface area (Å²) in [4.78, 5) is 35.6. The fourth-order valence-electron chi connectivity index (χ4n) is 1.27. The van der Waals surface area contributed by atoms with Gasteiger partial charge in [0.25, 0.3) is 5.56 Å². The molecule has 0 amide bonds. The number of carboxylic acids is 1. The first kappa shape index (κ1) is 11.2. The molecule has 0 spiro atoms. The number of aromatic nitrogens is 2. The molecule has 2 N–H and O–H groups in total. The number of hydrogen-bond acceptors (Lipinski definition) is 3. The van der Waals surface area contributed by atoms with Crippen LogP contribution in [0.4, 0.5) is 0 Å². The SMILES string of the molecule is CCCn1c(=O)[nH]cc(CC(=O)O)c1=O. The summed E-state index contributed by atoms with van der Waals surface area (Å²) in [7, 11) is 0. The summed E-state index contributed by atoms with van der Waals surface area (Å²) in [5, 5.41) is 8.54. The Morgan fingerprint density at radius 1 is 1.53 bits per heavy atom. The Morgan fingerprint density at radius 3 is 2.73 bits per heavy atom. The van der Waals surface area contributed by atoms with Crippen molar-refractivity contribution in [2.24, 2.45) is 0 Å². The van der Waals surface area contributed by atoms with Gasteiger partial charge in [-0.2, -0.15) is 0 Å². The van der Waals surface area contributed by atoms with E-state index in [0.29, 0.717) is 13.0 Å². The summed E-state index contributed by atoms with van der Waals surface area (Å²) in [6.07, 6.45) is 1.42. The number of aliphatic carboxylic acids is 1. The Morgan fingerprint density at radius 2 is 2.20 bits per heavy atom. The van der Waals surface area contributed by atoms with E-state index >= 15 is 0 Å². The van der Waals surface area contributed by atoms with Gasteiger partial charge in [-0.15, -0.1) is 0 Å². The Hall–Kier alpha value is -1.85. The van der Waals surface area contributed by atoms with Crippen molar-refractivity contribution in [1.29, 1.82) is 0 Å².